The first kappa shape index (κ1) is 29.5. The molecular formula is C27H24F8N4O2S. The maximum atomic E-state index is 13.4. The normalized spacial score (nSPS) is 15.6. The van der Waals surface area contributed by atoms with Crippen LogP contribution in [0, 0.1) is 6.92 Å². The van der Waals surface area contributed by atoms with Gasteiger partial charge in [0.2, 0.25) is 0 Å². The summed E-state index contributed by atoms with van der Waals surface area (Å²) in [5.74, 6) is -0.929. The molecule has 6 nitrogen and oxygen atoms in total. The van der Waals surface area contributed by atoms with Crippen LogP contribution >= 0.6 is 10.2 Å². The molecule has 0 spiro atoms. The SMILES string of the molecule is Cc1cc(-n2cnc3c(NCCC(F)(F)F)cc(Oc4cccc(S(F)(F)(F)(F)F)c4)cc32)ccc1C(=O)NC1CC1. The number of ether oxygens (including phenoxy) is 1. The van der Waals surface area contributed by atoms with Gasteiger partial charge in [-0.1, -0.05) is 25.5 Å². The lowest BCUT2D eigenvalue weighted by atomic mass is 10.1. The number of alkyl halides is 3. The molecule has 4 aromatic rings. The first-order chi connectivity index (χ1) is 19.4. The largest absolute Gasteiger partial charge is 0.457 e. The van der Waals surface area contributed by atoms with Gasteiger partial charge in [-0.2, -0.15) is 13.2 Å². The fourth-order valence-corrected chi connectivity index (χ4v) is 4.96. The number of nitrogens with one attached hydrogen (secondary N) is 2. The van der Waals surface area contributed by atoms with E-state index in [-0.39, 0.29) is 41.0 Å². The van der Waals surface area contributed by atoms with E-state index in [9.17, 15) is 37.4 Å². The Bertz CT molecular complexity index is 1680. The molecule has 1 amide bonds. The number of imidazole rings is 1. The van der Waals surface area contributed by atoms with Crippen molar-refractivity contribution in [2.75, 3.05) is 11.9 Å². The van der Waals surface area contributed by atoms with Crippen molar-refractivity contribution < 1.29 is 42.1 Å². The minimum absolute atomic E-state index is 0.0755. The second-order valence-corrected chi connectivity index (χ2v) is 12.4. The summed E-state index contributed by atoms with van der Waals surface area (Å²) < 4.78 is 112. The van der Waals surface area contributed by atoms with E-state index in [4.69, 9.17) is 4.74 Å². The smallest absolute Gasteiger partial charge is 0.390 e. The lowest BCUT2D eigenvalue weighted by molar-refractivity contribution is -0.131. The molecule has 0 aliphatic heterocycles. The topological polar surface area (TPSA) is 68.2 Å². The number of aryl methyl sites for hydroxylation is 1. The van der Waals surface area contributed by atoms with Crippen molar-refractivity contribution in [2.45, 2.75) is 43.3 Å². The fraction of sp³-hybridized carbons (Fsp3) is 0.259. The average molecular weight is 621 g/mol. The van der Waals surface area contributed by atoms with Crippen LogP contribution in [-0.4, -0.2) is 34.2 Å². The quantitative estimate of drug-likeness (QED) is 0.183. The molecule has 1 aromatic heterocycles. The summed E-state index contributed by atoms with van der Waals surface area (Å²) in [6, 6.07) is 9.89. The summed E-state index contributed by atoms with van der Waals surface area (Å²) in [4.78, 5) is 14.7. The van der Waals surface area contributed by atoms with Gasteiger partial charge in [-0.05, 0) is 55.7 Å². The fourth-order valence-electron chi connectivity index (χ4n) is 4.29. The Kier molecular flexibility index (Phi) is 6.67. The highest BCUT2D eigenvalue weighted by atomic mass is 32.5. The number of hydrogen-bond donors (Lipinski definition) is 2. The Morgan fingerprint density at radius 3 is 2.40 bits per heavy atom. The molecule has 0 unspecified atom stereocenters. The molecule has 0 bridgehead atoms. The number of benzene rings is 3. The molecule has 1 heterocycles. The first-order valence-corrected chi connectivity index (χ1v) is 14.6. The summed E-state index contributed by atoms with van der Waals surface area (Å²) in [5.41, 5.74) is 2.21. The highest BCUT2D eigenvalue weighted by Crippen LogP contribution is 3.02. The molecule has 42 heavy (non-hydrogen) atoms. The van der Waals surface area contributed by atoms with Crippen molar-refractivity contribution in [3.63, 3.8) is 0 Å². The van der Waals surface area contributed by atoms with Gasteiger partial charge in [0.15, 0.2) is 0 Å². The Balaban J connectivity index is 1.53. The summed E-state index contributed by atoms with van der Waals surface area (Å²) >= 11 is 0. The highest BCUT2D eigenvalue weighted by Gasteiger charge is 2.65. The number of carbonyl (C=O) groups excluding carboxylic acids is 1. The van der Waals surface area contributed by atoms with Crippen LogP contribution in [0.2, 0.25) is 0 Å². The lowest BCUT2D eigenvalue weighted by Crippen LogP contribution is -2.26. The van der Waals surface area contributed by atoms with Gasteiger partial charge in [-0.3, -0.25) is 9.36 Å². The van der Waals surface area contributed by atoms with Gasteiger partial charge in [0.1, 0.15) is 28.2 Å². The number of halogens is 8. The number of anilines is 1. The number of carbonyl (C=O) groups is 1. The van der Waals surface area contributed by atoms with E-state index in [2.05, 4.69) is 15.6 Å². The molecule has 1 saturated carbocycles. The molecule has 15 heteroatoms. The van der Waals surface area contributed by atoms with E-state index in [1.165, 1.54) is 18.5 Å². The average Bonchev–Trinajstić information content (AvgIpc) is 3.57. The van der Waals surface area contributed by atoms with E-state index in [0.29, 0.717) is 22.3 Å². The maximum Gasteiger partial charge on any atom is 0.390 e. The third-order valence-electron chi connectivity index (χ3n) is 6.48. The predicted molar refractivity (Wildman–Crippen MR) is 143 cm³/mol. The number of hydrogen-bond acceptors (Lipinski definition) is 4. The Labute approximate surface area is 234 Å². The number of nitrogens with zero attached hydrogens (tertiary/aromatic N) is 2. The summed E-state index contributed by atoms with van der Waals surface area (Å²) in [6.45, 7) is 1.19. The molecule has 0 atom stereocenters. The lowest BCUT2D eigenvalue weighted by Gasteiger charge is -2.40. The molecular weight excluding hydrogens is 596 g/mol. The minimum atomic E-state index is -10.00. The molecule has 1 aliphatic carbocycles. The summed E-state index contributed by atoms with van der Waals surface area (Å²) in [5, 5.41) is 5.52. The zero-order chi connectivity index (χ0) is 30.6. The molecule has 1 aliphatic rings. The van der Waals surface area contributed by atoms with Gasteiger partial charge in [0, 0.05) is 42.0 Å². The summed E-state index contributed by atoms with van der Waals surface area (Å²) in [7, 11) is -10.00. The number of aromatic nitrogens is 2. The Hall–Kier alpha value is -4.01. The van der Waals surface area contributed by atoms with Crippen molar-refractivity contribution in [2.24, 2.45) is 0 Å². The third kappa shape index (κ3) is 6.89. The molecule has 5 rings (SSSR count). The van der Waals surface area contributed by atoms with Crippen molar-refractivity contribution in [3.05, 3.63) is 72.1 Å². The predicted octanol–water partition coefficient (Wildman–Crippen LogP) is 9.04. The van der Waals surface area contributed by atoms with E-state index in [1.54, 1.807) is 29.7 Å². The number of rotatable bonds is 9. The van der Waals surface area contributed by atoms with Gasteiger partial charge in [0.05, 0.1) is 17.6 Å². The van der Waals surface area contributed by atoms with Crippen LogP contribution in [0.5, 0.6) is 11.5 Å². The Morgan fingerprint density at radius 1 is 1.02 bits per heavy atom. The second-order valence-electron chi connectivity index (χ2n) is 10.0. The van der Waals surface area contributed by atoms with Gasteiger partial charge in [-0.15, -0.1) is 0 Å². The van der Waals surface area contributed by atoms with Gasteiger partial charge < -0.3 is 15.4 Å². The second kappa shape index (κ2) is 9.51. The minimum Gasteiger partial charge on any atom is -0.457 e. The van der Waals surface area contributed by atoms with Crippen molar-refractivity contribution in [3.8, 4) is 17.2 Å². The number of fused-ring (bicyclic) bond motifs is 1. The van der Waals surface area contributed by atoms with Crippen LogP contribution in [0.15, 0.2) is 65.8 Å². The van der Waals surface area contributed by atoms with E-state index >= 15 is 0 Å². The number of amides is 1. The van der Waals surface area contributed by atoms with Crippen LogP contribution < -0.4 is 15.4 Å². The van der Waals surface area contributed by atoms with Crippen LogP contribution in [-0.2, 0) is 0 Å². The summed E-state index contributed by atoms with van der Waals surface area (Å²) in [6.07, 6.45) is -2.43. The van der Waals surface area contributed by atoms with Crippen LogP contribution in [0.25, 0.3) is 16.7 Å². The maximum absolute atomic E-state index is 13.4. The highest BCUT2D eigenvalue weighted by molar-refractivity contribution is 8.45. The third-order valence-corrected chi connectivity index (χ3v) is 7.63. The van der Waals surface area contributed by atoms with Crippen molar-refractivity contribution >= 4 is 32.9 Å². The van der Waals surface area contributed by atoms with E-state index in [1.807, 2.05) is 0 Å². The van der Waals surface area contributed by atoms with Crippen LogP contribution in [0.1, 0.15) is 35.2 Å². The van der Waals surface area contributed by atoms with Crippen LogP contribution in [0.3, 0.4) is 0 Å². The van der Waals surface area contributed by atoms with Crippen LogP contribution in [0.4, 0.5) is 38.3 Å². The van der Waals surface area contributed by atoms with Gasteiger partial charge >= 0.3 is 16.4 Å². The first-order valence-electron chi connectivity index (χ1n) is 12.6. The molecule has 0 saturated heterocycles. The molecule has 226 valence electrons. The standard InChI is InChI=1S/C27H24F8N4O2S/c1-16-11-18(7-8-22(16)26(40)38-17-5-6-17)39-15-37-25-23(36-10-9-27(28,29)30)13-20(14-24(25)39)41-19-3-2-4-21(12-19)42(31,32,33,34)35/h2-4,7-8,11-15,17,36H,5-6,9-10H2,1H3,(H,38,40). The van der Waals surface area contributed by atoms with Crippen molar-refractivity contribution in [1.82, 2.24) is 14.9 Å². The van der Waals surface area contributed by atoms with Gasteiger partial charge in [0.25, 0.3) is 5.91 Å². The monoisotopic (exact) mass is 620 g/mol. The van der Waals surface area contributed by atoms with E-state index < -0.39 is 40.0 Å². The van der Waals surface area contributed by atoms with Crippen molar-refractivity contribution in [1.29, 1.82) is 0 Å². The molecule has 2 N–H and O–H groups in total. The molecule has 3 aromatic carbocycles. The molecule has 0 radical (unpaired) electrons. The van der Waals surface area contributed by atoms with E-state index in [0.717, 1.165) is 25.0 Å². The zero-order valence-electron chi connectivity index (χ0n) is 21.8. The Morgan fingerprint density at radius 2 is 1.76 bits per heavy atom. The zero-order valence-corrected chi connectivity index (χ0v) is 22.6. The molecule has 1 fully saturated rings. The van der Waals surface area contributed by atoms with Gasteiger partial charge in [-0.25, -0.2) is 4.98 Å².